The SMILES string of the molecule is O=C(O)CCN1CCC[C@H]1c1nnc2ccc(F)cn12. The number of hydrogen-bond donors (Lipinski definition) is 1. The van der Waals surface area contributed by atoms with Crippen molar-refractivity contribution in [2.75, 3.05) is 13.1 Å². The molecule has 2 aromatic heterocycles. The van der Waals surface area contributed by atoms with Crippen molar-refractivity contribution >= 4 is 11.6 Å². The number of carboxylic acids is 1. The summed E-state index contributed by atoms with van der Waals surface area (Å²) in [6.07, 6.45) is 3.34. The lowest BCUT2D eigenvalue weighted by molar-refractivity contribution is -0.137. The van der Waals surface area contributed by atoms with Crippen LogP contribution in [0.5, 0.6) is 0 Å². The van der Waals surface area contributed by atoms with E-state index in [1.165, 1.54) is 12.3 Å². The Morgan fingerprint density at radius 3 is 3.10 bits per heavy atom. The maximum atomic E-state index is 13.4. The molecule has 7 heteroatoms. The van der Waals surface area contributed by atoms with Crippen molar-refractivity contribution in [3.63, 3.8) is 0 Å². The smallest absolute Gasteiger partial charge is 0.304 e. The second-order valence-corrected chi connectivity index (χ2v) is 4.97. The minimum absolute atomic E-state index is 0.00569. The molecule has 0 spiro atoms. The van der Waals surface area contributed by atoms with Gasteiger partial charge in [0.2, 0.25) is 0 Å². The number of pyridine rings is 1. The van der Waals surface area contributed by atoms with Crippen LogP contribution in [0.3, 0.4) is 0 Å². The Balaban J connectivity index is 1.89. The van der Waals surface area contributed by atoms with Gasteiger partial charge in [-0.2, -0.15) is 0 Å². The molecule has 1 fully saturated rings. The second-order valence-electron chi connectivity index (χ2n) is 4.97. The van der Waals surface area contributed by atoms with Gasteiger partial charge in [-0.25, -0.2) is 4.39 Å². The molecule has 0 saturated carbocycles. The molecule has 0 bridgehead atoms. The monoisotopic (exact) mass is 278 g/mol. The first kappa shape index (κ1) is 13.0. The number of hydrogen-bond acceptors (Lipinski definition) is 4. The minimum atomic E-state index is -0.812. The number of fused-ring (bicyclic) bond motifs is 1. The number of rotatable bonds is 4. The fourth-order valence-electron chi connectivity index (χ4n) is 2.74. The molecule has 1 atom stereocenters. The van der Waals surface area contributed by atoms with E-state index in [0.717, 1.165) is 19.4 Å². The summed E-state index contributed by atoms with van der Waals surface area (Å²) in [7, 11) is 0. The third kappa shape index (κ3) is 2.36. The van der Waals surface area contributed by atoms with Crippen LogP contribution in [-0.4, -0.2) is 43.7 Å². The first-order valence-electron chi connectivity index (χ1n) is 6.61. The molecule has 0 radical (unpaired) electrons. The van der Waals surface area contributed by atoms with Gasteiger partial charge in [-0.15, -0.1) is 10.2 Å². The van der Waals surface area contributed by atoms with Crippen LogP contribution in [0.15, 0.2) is 18.3 Å². The highest BCUT2D eigenvalue weighted by atomic mass is 19.1. The highest BCUT2D eigenvalue weighted by Gasteiger charge is 2.29. The molecule has 0 amide bonds. The molecule has 1 N–H and O–H groups in total. The lowest BCUT2D eigenvalue weighted by Gasteiger charge is -2.22. The van der Waals surface area contributed by atoms with Gasteiger partial charge in [0.25, 0.3) is 0 Å². The Kier molecular flexibility index (Phi) is 3.35. The fraction of sp³-hybridized carbons (Fsp3) is 0.462. The van der Waals surface area contributed by atoms with E-state index in [1.807, 2.05) is 0 Å². The number of carboxylic acid groups (broad SMARTS) is 1. The van der Waals surface area contributed by atoms with Crippen molar-refractivity contribution in [2.45, 2.75) is 25.3 Å². The Hall–Kier alpha value is -2.02. The normalized spacial score (nSPS) is 19.8. The molecule has 1 aliphatic rings. The van der Waals surface area contributed by atoms with E-state index in [1.54, 1.807) is 10.5 Å². The summed E-state index contributed by atoms with van der Waals surface area (Å²) >= 11 is 0. The van der Waals surface area contributed by atoms with E-state index in [4.69, 9.17) is 5.11 Å². The Morgan fingerprint density at radius 1 is 1.45 bits per heavy atom. The van der Waals surface area contributed by atoms with E-state index in [9.17, 15) is 9.18 Å². The molecule has 106 valence electrons. The average molecular weight is 278 g/mol. The number of carbonyl (C=O) groups is 1. The van der Waals surface area contributed by atoms with Crippen molar-refractivity contribution in [1.82, 2.24) is 19.5 Å². The quantitative estimate of drug-likeness (QED) is 0.917. The summed E-state index contributed by atoms with van der Waals surface area (Å²) in [6.45, 7) is 1.31. The van der Waals surface area contributed by atoms with Crippen molar-refractivity contribution in [3.8, 4) is 0 Å². The molecule has 0 aromatic carbocycles. The molecule has 6 nitrogen and oxygen atoms in total. The predicted octanol–water partition coefficient (Wildman–Crippen LogP) is 1.48. The number of aromatic nitrogens is 3. The van der Waals surface area contributed by atoms with E-state index in [-0.39, 0.29) is 18.3 Å². The minimum Gasteiger partial charge on any atom is -0.481 e. The summed E-state index contributed by atoms with van der Waals surface area (Å²) in [6, 6.07) is 2.94. The molecule has 1 aliphatic heterocycles. The number of aliphatic carboxylic acids is 1. The lowest BCUT2D eigenvalue weighted by atomic mass is 10.2. The number of halogens is 1. The first-order valence-corrected chi connectivity index (χ1v) is 6.61. The van der Waals surface area contributed by atoms with Gasteiger partial charge < -0.3 is 5.11 Å². The third-order valence-corrected chi connectivity index (χ3v) is 3.67. The topological polar surface area (TPSA) is 70.7 Å². The van der Waals surface area contributed by atoms with Crippen LogP contribution in [0.25, 0.3) is 5.65 Å². The zero-order chi connectivity index (χ0) is 14.1. The van der Waals surface area contributed by atoms with E-state index < -0.39 is 5.97 Å². The Bertz CT molecular complexity index is 642. The van der Waals surface area contributed by atoms with Crippen molar-refractivity contribution in [2.24, 2.45) is 0 Å². The average Bonchev–Trinajstić information content (AvgIpc) is 3.01. The molecular weight excluding hydrogens is 263 g/mol. The molecule has 0 unspecified atom stereocenters. The Labute approximate surface area is 114 Å². The predicted molar refractivity (Wildman–Crippen MR) is 68.7 cm³/mol. The van der Waals surface area contributed by atoms with E-state index in [2.05, 4.69) is 15.1 Å². The summed E-state index contributed by atoms with van der Waals surface area (Å²) in [5, 5.41) is 17.0. The molecule has 2 aromatic rings. The third-order valence-electron chi connectivity index (χ3n) is 3.67. The zero-order valence-electron chi connectivity index (χ0n) is 10.9. The van der Waals surface area contributed by atoms with Gasteiger partial charge in [0.15, 0.2) is 11.5 Å². The van der Waals surface area contributed by atoms with Crippen LogP contribution in [0.4, 0.5) is 4.39 Å². The van der Waals surface area contributed by atoms with Gasteiger partial charge in [0, 0.05) is 12.7 Å². The number of nitrogens with zero attached hydrogens (tertiary/aromatic N) is 4. The van der Waals surface area contributed by atoms with Crippen molar-refractivity contribution in [3.05, 3.63) is 30.0 Å². The van der Waals surface area contributed by atoms with Gasteiger partial charge in [-0.1, -0.05) is 0 Å². The zero-order valence-corrected chi connectivity index (χ0v) is 10.9. The van der Waals surface area contributed by atoms with E-state index >= 15 is 0 Å². The van der Waals surface area contributed by atoms with Crippen LogP contribution in [0, 0.1) is 5.82 Å². The van der Waals surface area contributed by atoms with Gasteiger partial charge in [-0.3, -0.25) is 14.1 Å². The maximum Gasteiger partial charge on any atom is 0.304 e. The largest absolute Gasteiger partial charge is 0.481 e. The van der Waals surface area contributed by atoms with Crippen LogP contribution < -0.4 is 0 Å². The van der Waals surface area contributed by atoms with Gasteiger partial charge in [-0.05, 0) is 31.5 Å². The molecule has 3 rings (SSSR count). The highest BCUT2D eigenvalue weighted by Crippen LogP contribution is 2.31. The molecular formula is C13H15FN4O2. The standard InChI is InChI=1S/C13H15FN4O2/c14-9-3-4-11-15-16-13(18(11)8-9)10-2-1-6-17(10)7-5-12(19)20/h3-4,8,10H,1-2,5-7H2,(H,19,20)/t10-/m0/s1. The van der Waals surface area contributed by atoms with Crippen LogP contribution in [-0.2, 0) is 4.79 Å². The second kappa shape index (κ2) is 5.16. The summed E-state index contributed by atoms with van der Waals surface area (Å²) < 4.78 is 15.0. The molecule has 20 heavy (non-hydrogen) atoms. The van der Waals surface area contributed by atoms with Gasteiger partial charge >= 0.3 is 5.97 Å². The van der Waals surface area contributed by atoms with Crippen LogP contribution >= 0.6 is 0 Å². The Morgan fingerprint density at radius 2 is 2.30 bits per heavy atom. The van der Waals surface area contributed by atoms with Crippen molar-refractivity contribution in [1.29, 1.82) is 0 Å². The summed E-state index contributed by atoms with van der Waals surface area (Å²) in [5.74, 6) is -0.469. The number of likely N-dealkylation sites (tertiary alicyclic amines) is 1. The van der Waals surface area contributed by atoms with Gasteiger partial charge in [0.05, 0.1) is 12.5 Å². The summed E-state index contributed by atoms with van der Waals surface area (Å²) in [4.78, 5) is 12.8. The van der Waals surface area contributed by atoms with E-state index in [0.29, 0.717) is 18.0 Å². The maximum absolute atomic E-state index is 13.4. The van der Waals surface area contributed by atoms with Crippen LogP contribution in [0.1, 0.15) is 31.1 Å². The van der Waals surface area contributed by atoms with Crippen LogP contribution in [0.2, 0.25) is 0 Å². The fourth-order valence-corrected chi connectivity index (χ4v) is 2.74. The molecule has 1 saturated heterocycles. The van der Waals surface area contributed by atoms with Crippen molar-refractivity contribution < 1.29 is 14.3 Å². The molecule has 3 heterocycles. The van der Waals surface area contributed by atoms with Gasteiger partial charge in [0.1, 0.15) is 5.82 Å². The lowest BCUT2D eigenvalue weighted by Crippen LogP contribution is -2.27. The highest BCUT2D eigenvalue weighted by molar-refractivity contribution is 5.66. The first-order chi connectivity index (χ1) is 9.65. The molecule has 0 aliphatic carbocycles. The summed E-state index contributed by atoms with van der Waals surface area (Å²) in [5.41, 5.74) is 0.603.